The van der Waals surface area contributed by atoms with E-state index in [1.54, 1.807) is 18.9 Å². The summed E-state index contributed by atoms with van der Waals surface area (Å²) in [5, 5.41) is 13.1. The first-order valence-corrected chi connectivity index (χ1v) is 14.3. The summed E-state index contributed by atoms with van der Waals surface area (Å²) in [4.78, 5) is 13.0. The van der Waals surface area contributed by atoms with E-state index in [0.29, 0.717) is 12.8 Å². The Kier molecular flexibility index (Phi) is 9.27. The van der Waals surface area contributed by atoms with E-state index in [-0.39, 0.29) is 11.9 Å². The number of nitrogens with zero attached hydrogens (tertiary/aromatic N) is 3. The summed E-state index contributed by atoms with van der Waals surface area (Å²) >= 11 is 1.61. The van der Waals surface area contributed by atoms with E-state index >= 15 is 0 Å². The van der Waals surface area contributed by atoms with Crippen molar-refractivity contribution >= 4 is 17.7 Å². The molecule has 1 amide bonds. The predicted molar refractivity (Wildman–Crippen MR) is 160 cm³/mol. The van der Waals surface area contributed by atoms with Crippen molar-refractivity contribution in [3.8, 4) is 11.4 Å². The maximum Gasteiger partial charge on any atom is 0.220 e. The number of nitrogens with one attached hydrogen (secondary N) is 1. The molecule has 1 aromatic heterocycles. The number of methoxy groups -OCH3 is 1. The van der Waals surface area contributed by atoms with Crippen LogP contribution >= 0.6 is 11.8 Å². The number of ether oxygens (including phenoxy) is 1. The minimum Gasteiger partial charge on any atom is -0.497 e. The van der Waals surface area contributed by atoms with Crippen LogP contribution in [0.25, 0.3) is 5.69 Å². The maximum atomic E-state index is 13.0. The Morgan fingerprint density at radius 1 is 0.825 bits per heavy atom. The molecule has 6 nitrogen and oxygen atoms in total. The maximum absolute atomic E-state index is 13.0. The second kappa shape index (κ2) is 13.6. The lowest BCUT2D eigenvalue weighted by Crippen LogP contribution is -2.29. The standard InChI is InChI=1S/C33H32N4O2S/c1-39-29-21-19-28(20-22-29)37-30(24-25-12-5-2-6-13-25)35-36-33(37)40-23-11-18-31(38)34-32(26-14-7-3-8-15-26)27-16-9-4-10-17-27/h2-10,12-17,19-22,32H,11,18,23-24H2,1H3,(H,34,38). The summed E-state index contributed by atoms with van der Waals surface area (Å²) in [6.45, 7) is 0. The lowest BCUT2D eigenvalue weighted by molar-refractivity contribution is -0.121. The fourth-order valence-corrected chi connectivity index (χ4v) is 5.47. The Morgan fingerprint density at radius 2 is 1.43 bits per heavy atom. The number of benzene rings is 4. The van der Waals surface area contributed by atoms with Gasteiger partial charge in [-0.15, -0.1) is 10.2 Å². The zero-order chi connectivity index (χ0) is 27.6. The minimum atomic E-state index is -0.179. The van der Waals surface area contributed by atoms with Crippen LogP contribution in [-0.4, -0.2) is 33.5 Å². The molecular formula is C33H32N4O2S. The molecule has 40 heavy (non-hydrogen) atoms. The average Bonchev–Trinajstić information content (AvgIpc) is 3.41. The van der Waals surface area contributed by atoms with E-state index < -0.39 is 0 Å². The molecule has 202 valence electrons. The van der Waals surface area contributed by atoms with Gasteiger partial charge in [-0.2, -0.15) is 0 Å². The van der Waals surface area contributed by atoms with Crippen molar-refractivity contribution in [2.24, 2.45) is 0 Å². The van der Waals surface area contributed by atoms with E-state index in [1.165, 1.54) is 5.56 Å². The van der Waals surface area contributed by atoms with Crippen LogP contribution in [0.15, 0.2) is 120 Å². The van der Waals surface area contributed by atoms with Crippen LogP contribution in [0.3, 0.4) is 0 Å². The van der Waals surface area contributed by atoms with Gasteiger partial charge < -0.3 is 10.1 Å². The number of thioether (sulfide) groups is 1. The molecular weight excluding hydrogens is 516 g/mol. The highest BCUT2D eigenvalue weighted by Crippen LogP contribution is 2.26. The Morgan fingerprint density at radius 3 is 2.02 bits per heavy atom. The van der Waals surface area contributed by atoms with Crippen LogP contribution < -0.4 is 10.1 Å². The third-order valence-electron chi connectivity index (χ3n) is 6.59. The predicted octanol–water partition coefficient (Wildman–Crippen LogP) is 6.64. The van der Waals surface area contributed by atoms with Gasteiger partial charge in [0.2, 0.25) is 5.91 Å². The van der Waals surface area contributed by atoms with Crippen molar-refractivity contribution in [2.45, 2.75) is 30.5 Å². The summed E-state index contributed by atoms with van der Waals surface area (Å²) in [6, 6.07) is 38.2. The Bertz CT molecular complexity index is 1450. The van der Waals surface area contributed by atoms with Crippen molar-refractivity contribution in [3.05, 3.63) is 138 Å². The molecule has 5 aromatic rings. The molecule has 0 unspecified atom stereocenters. The van der Waals surface area contributed by atoms with Crippen LogP contribution in [0, 0.1) is 0 Å². The molecule has 1 N–H and O–H groups in total. The van der Waals surface area contributed by atoms with Crippen molar-refractivity contribution in [3.63, 3.8) is 0 Å². The van der Waals surface area contributed by atoms with E-state index in [0.717, 1.165) is 45.7 Å². The summed E-state index contributed by atoms with van der Waals surface area (Å²) in [5.41, 5.74) is 4.28. The van der Waals surface area contributed by atoms with Crippen LogP contribution in [-0.2, 0) is 11.2 Å². The van der Waals surface area contributed by atoms with E-state index in [9.17, 15) is 4.79 Å². The molecule has 0 aliphatic carbocycles. The van der Waals surface area contributed by atoms with Crippen LogP contribution in [0.5, 0.6) is 5.75 Å². The van der Waals surface area contributed by atoms with E-state index in [1.807, 2.05) is 103 Å². The molecule has 1 heterocycles. The third kappa shape index (κ3) is 6.98. The molecule has 0 radical (unpaired) electrons. The smallest absolute Gasteiger partial charge is 0.220 e. The fourth-order valence-electron chi connectivity index (χ4n) is 4.56. The van der Waals surface area contributed by atoms with Crippen molar-refractivity contribution in [1.29, 1.82) is 0 Å². The number of hydrogen-bond acceptors (Lipinski definition) is 5. The van der Waals surface area contributed by atoms with Crippen LogP contribution in [0.1, 0.15) is 41.4 Å². The lowest BCUT2D eigenvalue weighted by Gasteiger charge is -2.20. The average molecular weight is 549 g/mol. The number of hydrogen-bond donors (Lipinski definition) is 1. The van der Waals surface area contributed by atoms with Gasteiger partial charge in [0.25, 0.3) is 0 Å². The minimum absolute atomic E-state index is 0.0275. The van der Waals surface area contributed by atoms with Crippen LogP contribution in [0.2, 0.25) is 0 Å². The van der Waals surface area contributed by atoms with Gasteiger partial charge in [0.05, 0.1) is 13.2 Å². The third-order valence-corrected chi connectivity index (χ3v) is 7.60. The second-order valence-corrected chi connectivity index (χ2v) is 10.4. The molecule has 0 bridgehead atoms. The highest BCUT2D eigenvalue weighted by Gasteiger charge is 2.18. The summed E-state index contributed by atoms with van der Waals surface area (Å²) < 4.78 is 7.44. The first kappa shape index (κ1) is 27.2. The number of amides is 1. The molecule has 0 fully saturated rings. The molecule has 0 atom stereocenters. The molecule has 0 spiro atoms. The molecule has 0 aliphatic rings. The van der Waals surface area contributed by atoms with Gasteiger partial charge in [-0.05, 0) is 47.4 Å². The summed E-state index contributed by atoms with van der Waals surface area (Å²) in [5.74, 6) is 2.44. The first-order chi connectivity index (χ1) is 19.7. The lowest BCUT2D eigenvalue weighted by atomic mass is 9.98. The van der Waals surface area contributed by atoms with Gasteiger partial charge in [0.1, 0.15) is 11.6 Å². The number of carbonyl (C=O) groups is 1. The van der Waals surface area contributed by atoms with Gasteiger partial charge in [-0.3, -0.25) is 9.36 Å². The Hall–Kier alpha value is -4.36. The van der Waals surface area contributed by atoms with Gasteiger partial charge in [-0.25, -0.2) is 0 Å². The number of carbonyl (C=O) groups excluding carboxylic acids is 1. The van der Waals surface area contributed by atoms with Crippen LogP contribution in [0.4, 0.5) is 0 Å². The van der Waals surface area contributed by atoms with Gasteiger partial charge in [0.15, 0.2) is 5.16 Å². The topological polar surface area (TPSA) is 69.0 Å². The Balaban J connectivity index is 1.24. The number of aromatic nitrogens is 3. The highest BCUT2D eigenvalue weighted by atomic mass is 32.2. The van der Waals surface area contributed by atoms with Gasteiger partial charge in [-0.1, -0.05) is 103 Å². The quantitative estimate of drug-likeness (QED) is 0.140. The summed E-state index contributed by atoms with van der Waals surface area (Å²) in [6.07, 6.45) is 1.82. The molecule has 7 heteroatoms. The summed E-state index contributed by atoms with van der Waals surface area (Å²) in [7, 11) is 1.66. The molecule has 0 saturated carbocycles. The monoisotopic (exact) mass is 548 g/mol. The second-order valence-electron chi connectivity index (χ2n) is 9.37. The van der Waals surface area contributed by atoms with Gasteiger partial charge >= 0.3 is 0 Å². The largest absolute Gasteiger partial charge is 0.497 e. The van der Waals surface area contributed by atoms with Gasteiger partial charge in [0, 0.05) is 24.3 Å². The van der Waals surface area contributed by atoms with Crippen molar-refractivity contribution < 1.29 is 9.53 Å². The first-order valence-electron chi connectivity index (χ1n) is 13.4. The molecule has 5 rings (SSSR count). The Labute approximate surface area is 239 Å². The SMILES string of the molecule is COc1ccc(-n2c(Cc3ccccc3)nnc2SCCCC(=O)NC(c2ccccc2)c2ccccc2)cc1. The zero-order valence-corrected chi connectivity index (χ0v) is 23.3. The van der Waals surface area contributed by atoms with E-state index in [2.05, 4.69) is 32.2 Å². The molecule has 4 aromatic carbocycles. The normalized spacial score (nSPS) is 10.9. The van der Waals surface area contributed by atoms with Crippen molar-refractivity contribution in [2.75, 3.05) is 12.9 Å². The molecule has 0 saturated heterocycles. The zero-order valence-electron chi connectivity index (χ0n) is 22.4. The van der Waals surface area contributed by atoms with E-state index in [4.69, 9.17) is 4.74 Å². The molecule has 0 aliphatic heterocycles. The highest BCUT2D eigenvalue weighted by molar-refractivity contribution is 7.99. The van der Waals surface area contributed by atoms with Crippen molar-refractivity contribution in [1.82, 2.24) is 20.1 Å². The number of rotatable bonds is 12. The fraction of sp³-hybridized carbons (Fsp3) is 0.182.